The highest BCUT2D eigenvalue weighted by atomic mass is 16.5. The molecule has 11 nitrogen and oxygen atoms in total. The van der Waals surface area contributed by atoms with E-state index < -0.39 is 0 Å². The highest BCUT2D eigenvalue weighted by Crippen LogP contribution is 2.27. The SMILES string of the molecule is CCc1noc(Cn2cnc3c4ccccc4n(CC(=O)Nc4cc(OC)cc(OC)c4)c3c2=O)n1. The molecule has 3 heterocycles. The van der Waals surface area contributed by atoms with E-state index in [1.807, 2.05) is 31.2 Å². The minimum absolute atomic E-state index is 0.0755. The van der Waals surface area contributed by atoms with E-state index >= 15 is 0 Å². The van der Waals surface area contributed by atoms with Crippen molar-refractivity contribution in [3.8, 4) is 11.5 Å². The summed E-state index contributed by atoms with van der Waals surface area (Å²) in [7, 11) is 3.07. The van der Waals surface area contributed by atoms with Gasteiger partial charge in [-0.15, -0.1) is 0 Å². The van der Waals surface area contributed by atoms with Crippen LogP contribution in [-0.4, -0.2) is 44.4 Å². The summed E-state index contributed by atoms with van der Waals surface area (Å²) in [4.78, 5) is 35.5. The van der Waals surface area contributed by atoms with Crippen LogP contribution in [0.25, 0.3) is 21.9 Å². The van der Waals surface area contributed by atoms with Crippen LogP contribution >= 0.6 is 0 Å². The van der Waals surface area contributed by atoms with Gasteiger partial charge >= 0.3 is 0 Å². The third-order valence-corrected chi connectivity index (χ3v) is 5.80. The molecule has 0 aliphatic carbocycles. The first-order valence-corrected chi connectivity index (χ1v) is 11.3. The number of aromatic nitrogens is 5. The largest absolute Gasteiger partial charge is 0.497 e. The van der Waals surface area contributed by atoms with Crippen molar-refractivity contribution in [2.24, 2.45) is 0 Å². The fourth-order valence-electron chi connectivity index (χ4n) is 4.09. The Kier molecular flexibility index (Phi) is 6.11. The Morgan fingerprint density at radius 1 is 1.11 bits per heavy atom. The Hall–Kier alpha value is -4.67. The van der Waals surface area contributed by atoms with Crippen molar-refractivity contribution in [3.05, 3.63) is 70.9 Å². The summed E-state index contributed by atoms with van der Waals surface area (Å²) in [6.07, 6.45) is 2.08. The van der Waals surface area contributed by atoms with Gasteiger partial charge in [0.05, 0.1) is 26.1 Å². The Labute approximate surface area is 205 Å². The van der Waals surface area contributed by atoms with Gasteiger partial charge in [0.15, 0.2) is 5.82 Å². The fourth-order valence-corrected chi connectivity index (χ4v) is 4.09. The van der Waals surface area contributed by atoms with Gasteiger partial charge in [0, 0.05) is 35.7 Å². The first-order chi connectivity index (χ1) is 17.5. The van der Waals surface area contributed by atoms with Crippen LogP contribution in [-0.2, 0) is 24.3 Å². The minimum Gasteiger partial charge on any atom is -0.497 e. The monoisotopic (exact) mass is 488 g/mol. The molecule has 5 aromatic rings. The van der Waals surface area contributed by atoms with Crippen LogP contribution in [0.2, 0.25) is 0 Å². The zero-order chi connectivity index (χ0) is 25.2. The molecule has 0 spiro atoms. The second kappa shape index (κ2) is 9.53. The number of amides is 1. The van der Waals surface area contributed by atoms with E-state index in [0.717, 1.165) is 10.9 Å². The Morgan fingerprint density at radius 3 is 2.56 bits per heavy atom. The first kappa shape index (κ1) is 23.1. The third-order valence-electron chi connectivity index (χ3n) is 5.80. The normalized spacial score (nSPS) is 11.2. The molecule has 1 N–H and O–H groups in total. The maximum Gasteiger partial charge on any atom is 0.278 e. The second-order valence-electron chi connectivity index (χ2n) is 8.09. The molecule has 0 fully saturated rings. The molecule has 36 heavy (non-hydrogen) atoms. The topological polar surface area (TPSA) is 126 Å². The van der Waals surface area contributed by atoms with E-state index in [1.165, 1.54) is 25.1 Å². The predicted molar refractivity (Wildman–Crippen MR) is 132 cm³/mol. The number of benzene rings is 2. The third kappa shape index (κ3) is 4.26. The average molecular weight is 489 g/mol. The molecule has 3 aromatic heterocycles. The van der Waals surface area contributed by atoms with Crippen molar-refractivity contribution in [1.82, 2.24) is 24.3 Å². The molecule has 0 atom stereocenters. The molecular weight excluding hydrogens is 464 g/mol. The summed E-state index contributed by atoms with van der Waals surface area (Å²) >= 11 is 0. The van der Waals surface area contributed by atoms with Crippen LogP contribution in [0.5, 0.6) is 11.5 Å². The van der Waals surface area contributed by atoms with Crippen molar-refractivity contribution >= 4 is 33.5 Å². The van der Waals surface area contributed by atoms with Gasteiger partial charge in [-0.05, 0) is 6.07 Å². The second-order valence-corrected chi connectivity index (χ2v) is 8.09. The lowest BCUT2D eigenvalue weighted by Gasteiger charge is -2.11. The highest BCUT2D eigenvalue weighted by molar-refractivity contribution is 6.06. The van der Waals surface area contributed by atoms with E-state index in [4.69, 9.17) is 14.0 Å². The summed E-state index contributed by atoms with van der Waals surface area (Å²) in [5, 5.41) is 7.52. The Bertz CT molecular complexity index is 1610. The number of nitrogens with one attached hydrogen (secondary N) is 1. The summed E-state index contributed by atoms with van der Waals surface area (Å²) in [5.74, 6) is 1.63. The number of para-hydroxylation sites is 1. The lowest BCUT2D eigenvalue weighted by molar-refractivity contribution is -0.116. The van der Waals surface area contributed by atoms with Gasteiger partial charge in [-0.1, -0.05) is 30.3 Å². The van der Waals surface area contributed by atoms with Crippen molar-refractivity contribution in [2.75, 3.05) is 19.5 Å². The van der Waals surface area contributed by atoms with Crippen LogP contribution < -0.4 is 20.3 Å². The number of carbonyl (C=O) groups is 1. The number of hydrogen-bond donors (Lipinski definition) is 1. The van der Waals surface area contributed by atoms with Gasteiger partial charge in [-0.3, -0.25) is 14.2 Å². The molecule has 184 valence electrons. The number of rotatable bonds is 8. The molecule has 0 unspecified atom stereocenters. The van der Waals surface area contributed by atoms with Crippen LogP contribution in [0.3, 0.4) is 0 Å². The lowest BCUT2D eigenvalue weighted by Crippen LogP contribution is -2.25. The smallest absolute Gasteiger partial charge is 0.278 e. The average Bonchev–Trinajstić information content (AvgIpc) is 3.48. The van der Waals surface area contributed by atoms with E-state index in [-0.39, 0.29) is 24.6 Å². The molecule has 1 amide bonds. The zero-order valence-corrected chi connectivity index (χ0v) is 20.0. The van der Waals surface area contributed by atoms with Crippen LogP contribution in [0.15, 0.2) is 58.1 Å². The van der Waals surface area contributed by atoms with Crippen LogP contribution in [0.1, 0.15) is 18.6 Å². The van der Waals surface area contributed by atoms with Gasteiger partial charge in [-0.25, -0.2) is 4.98 Å². The fraction of sp³-hybridized carbons (Fsp3) is 0.240. The summed E-state index contributed by atoms with van der Waals surface area (Å²) in [6.45, 7) is 1.89. The first-order valence-electron chi connectivity index (χ1n) is 11.3. The highest BCUT2D eigenvalue weighted by Gasteiger charge is 2.19. The van der Waals surface area contributed by atoms with E-state index in [2.05, 4.69) is 20.4 Å². The molecular formula is C25H24N6O5. The van der Waals surface area contributed by atoms with Crippen molar-refractivity contribution < 1.29 is 18.8 Å². The number of aryl methyl sites for hydroxylation is 1. The Morgan fingerprint density at radius 2 is 1.86 bits per heavy atom. The van der Waals surface area contributed by atoms with Gasteiger partial charge in [0.2, 0.25) is 11.8 Å². The number of carbonyl (C=O) groups excluding carboxylic acids is 1. The van der Waals surface area contributed by atoms with E-state index in [0.29, 0.717) is 46.4 Å². The van der Waals surface area contributed by atoms with Gasteiger partial charge in [-0.2, -0.15) is 4.98 Å². The van der Waals surface area contributed by atoms with Gasteiger partial charge in [0.25, 0.3) is 5.56 Å². The number of fused-ring (bicyclic) bond motifs is 3. The maximum absolute atomic E-state index is 13.6. The summed E-state index contributed by atoms with van der Waals surface area (Å²) < 4.78 is 18.9. The van der Waals surface area contributed by atoms with Crippen LogP contribution in [0, 0.1) is 0 Å². The van der Waals surface area contributed by atoms with Crippen molar-refractivity contribution in [2.45, 2.75) is 26.4 Å². The summed E-state index contributed by atoms with van der Waals surface area (Å²) in [5.41, 5.74) is 1.74. The van der Waals surface area contributed by atoms with Crippen molar-refractivity contribution in [1.29, 1.82) is 0 Å². The Balaban J connectivity index is 1.53. The van der Waals surface area contributed by atoms with Crippen LogP contribution in [0.4, 0.5) is 5.69 Å². The number of methoxy groups -OCH3 is 2. The zero-order valence-electron chi connectivity index (χ0n) is 20.0. The molecule has 5 rings (SSSR count). The van der Waals surface area contributed by atoms with E-state index in [9.17, 15) is 9.59 Å². The molecule has 2 aromatic carbocycles. The standard InChI is InChI=1S/C25H24N6O5/c1-4-20-28-22(36-29-20)13-30-14-26-23-18-7-5-6-8-19(18)31(24(23)25(30)33)12-21(32)27-15-9-16(34-2)11-17(10-15)35-3/h5-11,14H,4,12-13H2,1-3H3,(H,27,32). The molecule has 0 aliphatic heterocycles. The molecule has 0 saturated carbocycles. The molecule has 0 saturated heterocycles. The quantitative estimate of drug-likeness (QED) is 0.353. The number of ether oxygens (including phenoxy) is 2. The predicted octanol–water partition coefficient (Wildman–Crippen LogP) is 3.00. The summed E-state index contributed by atoms with van der Waals surface area (Å²) in [6, 6.07) is 12.5. The van der Waals surface area contributed by atoms with Gasteiger partial charge < -0.3 is 23.9 Å². The number of nitrogens with zero attached hydrogens (tertiary/aromatic N) is 5. The lowest BCUT2D eigenvalue weighted by atomic mass is 10.2. The minimum atomic E-state index is -0.327. The van der Waals surface area contributed by atoms with Gasteiger partial charge in [0.1, 0.15) is 35.6 Å². The molecule has 0 radical (unpaired) electrons. The molecule has 11 heteroatoms. The number of anilines is 1. The number of hydrogen-bond acceptors (Lipinski definition) is 8. The molecule has 0 aliphatic rings. The van der Waals surface area contributed by atoms with E-state index in [1.54, 1.807) is 22.8 Å². The maximum atomic E-state index is 13.6. The molecule has 0 bridgehead atoms. The van der Waals surface area contributed by atoms with Crippen molar-refractivity contribution in [3.63, 3.8) is 0 Å².